The zero-order chi connectivity index (χ0) is 14.1. The number of hydrogen-bond donors (Lipinski definition) is 1. The fourth-order valence-electron chi connectivity index (χ4n) is 2.33. The molecule has 0 aromatic heterocycles. The summed E-state index contributed by atoms with van der Waals surface area (Å²) < 4.78 is 0. The van der Waals surface area contributed by atoms with E-state index in [1.54, 1.807) is 11.8 Å². The molecule has 2 aromatic rings. The van der Waals surface area contributed by atoms with Gasteiger partial charge in [-0.2, -0.15) is 0 Å². The van der Waals surface area contributed by atoms with E-state index in [0.717, 1.165) is 32.9 Å². The maximum absolute atomic E-state index is 11.2. The van der Waals surface area contributed by atoms with E-state index in [1.807, 2.05) is 42.5 Å². The minimum absolute atomic E-state index is 0.611. The number of aliphatic carboxylic acids is 1. The van der Waals surface area contributed by atoms with Gasteiger partial charge in [-0.1, -0.05) is 35.9 Å². The number of thioether (sulfide) groups is 1. The average molecular weight is 303 g/mol. The molecular formula is C16H11ClO2S. The van der Waals surface area contributed by atoms with Gasteiger partial charge in [0, 0.05) is 21.7 Å². The first-order valence-electron chi connectivity index (χ1n) is 6.11. The Kier molecular flexibility index (Phi) is 3.55. The largest absolute Gasteiger partial charge is 0.478 e. The lowest BCUT2D eigenvalue weighted by Crippen LogP contribution is -1.96. The van der Waals surface area contributed by atoms with E-state index in [0.29, 0.717) is 5.02 Å². The minimum Gasteiger partial charge on any atom is -0.478 e. The quantitative estimate of drug-likeness (QED) is 0.790. The molecule has 0 saturated carbocycles. The van der Waals surface area contributed by atoms with Crippen LogP contribution in [0.15, 0.2) is 53.4 Å². The van der Waals surface area contributed by atoms with Crippen molar-refractivity contribution in [1.29, 1.82) is 0 Å². The molecule has 0 unspecified atom stereocenters. The number of rotatable bonds is 1. The van der Waals surface area contributed by atoms with Crippen LogP contribution >= 0.6 is 23.4 Å². The number of carboxylic acids is 1. The third-order valence-corrected chi connectivity index (χ3v) is 4.55. The highest BCUT2D eigenvalue weighted by atomic mass is 35.5. The maximum Gasteiger partial charge on any atom is 0.328 e. The van der Waals surface area contributed by atoms with Crippen LogP contribution in [0.5, 0.6) is 0 Å². The highest BCUT2D eigenvalue weighted by Gasteiger charge is 2.19. The second-order valence-corrected chi connectivity index (χ2v) is 5.94. The lowest BCUT2D eigenvalue weighted by atomic mass is 9.94. The summed E-state index contributed by atoms with van der Waals surface area (Å²) in [6, 6.07) is 13.5. The van der Waals surface area contributed by atoms with Gasteiger partial charge in [0.05, 0.1) is 0 Å². The van der Waals surface area contributed by atoms with Crippen molar-refractivity contribution < 1.29 is 9.90 Å². The Hall–Kier alpha value is -1.71. The molecule has 0 aliphatic carbocycles. The van der Waals surface area contributed by atoms with Gasteiger partial charge in [0.1, 0.15) is 0 Å². The summed E-state index contributed by atoms with van der Waals surface area (Å²) in [7, 11) is 0. The molecule has 0 amide bonds. The number of benzene rings is 2. The molecule has 0 fully saturated rings. The molecule has 1 aliphatic heterocycles. The van der Waals surface area contributed by atoms with Crippen LogP contribution in [-0.4, -0.2) is 11.1 Å². The number of carbonyl (C=O) groups is 1. The van der Waals surface area contributed by atoms with Crippen molar-refractivity contribution in [3.05, 3.63) is 70.3 Å². The normalized spacial score (nSPS) is 15.3. The molecule has 0 spiro atoms. The molecular weight excluding hydrogens is 292 g/mol. The second kappa shape index (κ2) is 5.35. The predicted molar refractivity (Wildman–Crippen MR) is 82.2 cm³/mol. The van der Waals surface area contributed by atoms with Crippen molar-refractivity contribution in [3.8, 4) is 0 Å². The average Bonchev–Trinajstić information content (AvgIpc) is 2.57. The molecule has 20 heavy (non-hydrogen) atoms. The monoisotopic (exact) mass is 302 g/mol. The molecule has 1 aliphatic rings. The molecule has 0 atom stereocenters. The molecule has 1 heterocycles. The van der Waals surface area contributed by atoms with Crippen LogP contribution in [0.4, 0.5) is 0 Å². The third kappa shape index (κ3) is 2.47. The maximum atomic E-state index is 11.2. The van der Waals surface area contributed by atoms with Gasteiger partial charge < -0.3 is 5.11 Å². The van der Waals surface area contributed by atoms with Gasteiger partial charge in [0.15, 0.2) is 0 Å². The first-order chi connectivity index (χ1) is 9.65. The summed E-state index contributed by atoms with van der Waals surface area (Å²) in [5, 5.41) is 9.77. The van der Waals surface area contributed by atoms with Crippen molar-refractivity contribution in [2.45, 2.75) is 10.6 Å². The first kappa shape index (κ1) is 13.3. The standard InChI is InChI=1S/C16H11ClO2S/c17-11-5-6-15-14(7-11)13(8-16(18)19)12-4-2-1-3-10(12)9-20-15/h1-8H,9H2,(H,18,19)/b13-8-. The first-order valence-corrected chi connectivity index (χ1v) is 7.47. The zero-order valence-electron chi connectivity index (χ0n) is 10.5. The van der Waals surface area contributed by atoms with Crippen molar-refractivity contribution >= 4 is 34.9 Å². The van der Waals surface area contributed by atoms with Gasteiger partial charge in [-0.05, 0) is 40.5 Å². The Bertz CT molecular complexity index is 722. The van der Waals surface area contributed by atoms with Crippen LogP contribution in [0.2, 0.25) is 5.02 Å². The summed E-state index contributed by atoms with van der Waals surface area (Å²) in [5.41, 5.74) is 3.70. The fraction of sp³-hybridized carbons (Fsp3) is 0.0625. The Morgan fingerprint density at radius 3 is 2.80 bits per heavy atom. The number of hydrogen-bond acceptors (Lipinski definition) is 2. The van der Waals surface area contributed by atoms with Crippen LogP contribution in [0, 0.1) is 0 Å². The fourth-order valence-corrected chi connectivity index (χ4v) is 3.55. The van der Waals surface area contributed by atoms with E-state index in [9.17, 15) is 4.79 Å². The van der Waals surface area contributed by atoms with Gasteiger partial charge in [0.2, 0.25) is 0 Å². The molecule has 2 nitrogen and oxygen atoms in total. The van der Waals surface area contributed by atoms with Crippen LogP contribution < -0.4 is 0 Å². The summed E-state index contributed by atoms with van der Waals surface area (Å²) >= 11 is 7.77. The van der Waals surface area contributed by atoms with Crippen molar-refractivity contribution in [2.75, 3.05) is 0 Å². The highest BCUT2D eigenvalue weighted by molar-refractivity contribution is 7.98. The van der Waals surface area contributed by atoms with Gasteiger partial charge in [-0.15, -0.1) is 11.8 Å². The Morgan fingerprint density at radius 1 is 1.20 bits per heavy atom. The van der Waals surface area contributed by atoms with Crippen LogP contribution in [0.3, 0.4) is 0 Å². The van der Waals surface area contributed by atoms with E-state index >= 15 is 0 Å². The molecule has 4 heteroatoms. The lowest BCUT2D eigenvalue weighted by molar-refractivity contribution is -0.131. The molecule has 100 valence electrons. The van der Waals surface area contributed by atoms with Crippen LogP contribution in [-0.2, 0) is 10.5 Å². The molecule has 0 saturated heterocycles. The highest BCUT2D eigenvalue weighted by Crippen LogP contribution is 2.40. The Labute approximate surface area is 126 Å². The van der Waals surface area contributed by atoms with Crippen molar-refractivity contribution in [3.63, 3.8) is 0 Å². The SMILES string of the molecule is O=C(O)/C=C1/c2ccccc2CSc2ccc(Cl)cc21. The molecule has 2 aromatic carbocycles. The topological polar surface area (TPSA) is 37.3 Å². The summed E-state index contributed by atoms with van der Waals surface area (Å²) in [5.74, 6) is -0.130. The molecule has 0 radical (unpaired) electrons. The van der Waals surface area contributed by atoms with Crippen LogP contribution in [0.1, 0.15) is 16.7 Å². The van der Waals surface area contributed by atoms with E-state index < -0.39 is 5.97 Å². The van der Waals surface area contributed by atoms with E-state index in [1.165, 1.54) is 6.08 Å². The van der Waals surface area contributed by atoms with Crippen molar-refractivity contribution in [2.24, 2.45) is 0 Å². The van der Waals surface area contributed by atoms with E-state index in [4.69, 9.17) is 16.7 Å². The van der Waals surface area contributed by atoms with Gasteiger partial charge in [0.25, 0.3) is 0 Å². The predicted octanol–water partition coefficient (Wildman–Crippen LogP) is 4.46. The summed E-state index contributed by atoms with van der Waals surface area (Å²) in [4.78, 5) is 12.2. The second-order valence-electron chi connectivity index (χ2n) is 4.48. The zero-order valence-corrected chi connectivity index (χ0v) is 12.0. The van der Waals surface area contributed by atoms with Crippen molar-refractivity contribution in [1.82, 2.24) is 0 Å². The third-order valence-electron chi connectivity index (χ3n) is 3.19. The Morgan fingerprint density at radius 2 is 2.00 bits per heavy atom. The van der Waals surface area contributed by atoms with Gasteiger partial charge in [-0.25, -0.2) is 4.79 Å². The van der Waals surface area contributed by atoms with Gasteiger partial charge in [-0.3, -0.25) is 0 Å². The van der Waals surface area contributed by atoms with E-state index in [-0.39, 0.29) is 0 Å². The number of fused-ring (bicyclic) bond motifs is 2. The molecule has 1 N–H and O–H groups in total. The smallest absolute Gasteiger partial charge is 0.328 e. The number of carboxylic acid groups (broad SMARTS) is 1. The number of halogens is 1. The molecule has 3 rings (SSSR count). The summed E-state index contributed by atoms with van der Waals surface area (Å²) in [6.45, 7) is 0. The van der Waals surface area contributed by atoms with E-state index in [2.05, 4.69) is 0 Å². The van der Waals surface area contributed by atoms with Crippen LogP contribution in [0.25, 0.3) is 5.57 Å². The molecule has 0 bridgehead atoms. The summed E-state index contributed by atoms with van der Waals surface area (Å²) in [6.07, 6.45) is 1.26. The Balaban J connectivity index is 2.30. The lowest BCUT2D eigenvalue weighted by Gasteiger charge is -2.10. The minimum atomic E-state index is -0.951. The van der Waals surface area contributed by atoms with Gasteiger partial charge >= 0.3 is 5.97 Å².